The van der Waals surface area contributed by atoms with Crippen LogP contribution in [0.15, 0.2) is 30.9 Å². The molecule has 1 aliphatic heterocycles. The molecule has 4 nitrogen and oxygen atoms in total. The summed E-state index contributed by atoms with van der Waals surface area (Å²) in [6.07, 6.45) is 5.74. The van der Waals surface area contributed by atoms with Crippen molar-refractivity contribution in [3.63, 3.8) is 0 Å². The predicted octanol–water partition coefficient (Wildman–Crippen LogP) is 1.57. The highest BCUT2D eigenvalue weighted by atomic mass is 19.1. The molecule has 0 saturated heterocycles. The highest BCUT2D eigenvalue weighted by molar-refractivity contribution is 5.43. The fourth-order valence-electron chi connectivity index (χ4n) is 2.06. The lowest BCUT2D eigenvalue weighted by molar-refractivity contribution is 0.598. The van der Waals surface area contributed by atoms with Crippen LogP contribution >= 0.6 is 0 Å². The smallest absolute Gasteiger partial charge is 0.165 e. The Morgan fingerprint density at radius 1 is 1.29 bits per heavy atom. The van der Waals surface area contributed by atoms with Gasteiger partial charge in [-0.1, -0.05) is 0 Å². The fraction of sp³-hybridized carbons (Fsp3) is 0.250. The first kappa shape index (κ1) is 10.1. The Hall–Kier alpha value is -2.04. The average Bonchev–Trinajstić information content (AvgIpc) is 2.39. The molecule has 1 aliphatic rings. The molecule has 3 heterocycles. The molecule has 0 atom stereocenters. The molecule has 0 saturated carbocycles. The zero-order chi connectivity index (χ0) is 11.7. The van der Waals surface area contributed by atoms with Crippen LogP contribution in [-0.4, -0.2) is 21.5 Å². The van der Waals surface area contributed by atoms with E-state index >= 15 is 0 Å². The molecule has 0 spiro atoms. The van der Waals surface area contributed by atoms with E-state index in [1.165, 1.54) is 6.07 Å². The zero-order valence-electron chi connectivity index (χ0n) is 9.17. The number of pyridine rings is 1. The molecule has 86 valence electrons. The van der Waals surface area contributed by atoms with E-state index in [0.717, 1.165) is 24.2 Å². The number of anilines is 1. The highest BCUT2D eigenvalue weighted by Gasteiger charge is 2.20. The molecule has 0 fully saturated rings. The number of halogens is 1. The first-order chi connectivity index (χ1) is 8.34. The van der Waals surface area contributed by atoms with Crippen molar-refractivity contribution >= 4 is 5.82 Å². The van der Waals surface area contributed by atoms with E-state index in [2.05, 4.69) is 15.0 Å². The topological polar surface area (TPSA) is 41.9 Å². The maximum Gasteiger partial charge on any atom is 0.165 e. The lowest BCUT2D eigenvalue weighted by atomic mass is 10.1. The van der Waals surface area contributed by atoms with Crippen molar-refractivity contribution in [2.45, 2.75) is 13.0 Å². The number of hydrogen-bond donors (Lipinski definition) is 0. The minimum absolute atomic E-state index is 0.284. The van der Waals surface area contributed by atoms with Crippen LogP contribution in [-0.2, 0) is 13.0 Å². The summed E-state index contributed by atoms with van der Waals surface area (Å²) in [4.78, 5) is 14.2. The third kappa shape index (κ3) is 1.84. The Kier molecular flexibility index (Phi) is 2.44. The molecule has 2 aromatic heterocycles. The fourth-order valence-corrected chi connectivity index (χ4v) is 2.06. The van der Waals surface area contributed by atoms with Gasteiger partial charge in [0, 0.05) is 37.5 Å². The van der Waals surface area contributed by atoms with Crippen LogP contribution in [0, 0.1) is 5.82 Å². The average molecular weight is 230 g/mol. The zero-order valence-corrected chi connectivity index (χ0v) is 9.17. The van der Waals surface area contributed by atoms with E-state index in [0.29, 0.717) is 12.4 Å². The van der Waals surface area contributed by atoms with Crippen LogP contribution in [0.4, 0.5) is 10.2 Å². The lowest BCUT2D eigenvalue weighted by Gasteiger charge is -2.28. The molecule has 0 N–H and O–H groups in total. The Morgan fingerprint density at radius 2 is 2.24 bits per heavy atom. The first-order valence-electron chi connectivity index (χ1n) is 5.48. The lowest BCUT2D eigenvalue weighted by Crippen LogP contribution is -2.32. The van der Waals surface area contributed by atoms with Gasteiger partial charge in [0.2, 0.25) is 0 Å². The van der Waals surface area contributed by atoms with E-state index in [-0.39, 0.29) is 5.82 Å². The van der Waals surface area contributed by atoms with Crippen LogP contribution in [0.2, 0.25) is 0 Å². The maximum absolute atomic E-state index is 13.6. The molecule has 0 aliphatic carbocycles. The molecule has 5 heteroatoms. The summed E-state index contributed by atoms with van der Waals surface area (Å²) in [6.45, 7) is 1.35. The van der Waals surface area contributed by atoms with E-state index < -0.39 is 0 Å². The molecule has 17 heavy (non-hydrogen) atoms. The number of hydrogen-bond acceptors (Lipinski definition) is 4. The van der Waals surface area contributed by atoms with Crippen LogP contribution < -0.4 is 4.90 Å². The normalized spacial score (nSPS) is 14.5. The van der Waals surface area contributed by atoms with Gasteiger partial charge >= 0.3 is 0 Å². The van der Waals surface area contributed by atoms with Crippen molar-refractivity contribution in [2.24, 2.45) is 0 Å². The summed E-state index contributed by atoms with van der Waals surface area (Å²) in [5, 5.41) is 0. The standard InChI is InChI=1S/C12H11FN4/c13-10-2-1-4-15-12(10)17-5-3-11-9(7-17)6-14-8-16-11/h1-2,4,6,8H,3,5,7H2. The van der Waals surface area contributed by atoms with Crippen LogP contribution in [0.25, 0.3) is 0 Å². The summed E-state index contributed by atoms with van der Waals surface area (Å²) in [7, 11) is 0. The molecule has 0 bridgehead atoms. The second-order valence-corrected chi connectivity index (χ2v) is 3.98. The van der Waals surface area contributed by atoms with Crippen molar-refractivity contribution in [3.8, 4) is 0 Å². The van der Waals surface area contributed by atoms with Gasteiger partial charge in [0.25, 0.3) is 0 Å². The van der Waals surface area contributed by atoms with E-state index in [1.807, 2.05) is 4.90 Å². The van der Waals surface area contributed by atoms with Gasteiger partial charge in [-0.05, 0) is 12.1 Å². The second-order valence-electron chi connectivity index (χ2n) is 3.98. The maximum atomic E-state index is 13.6. The van der Waals surface area contributed by atoms with Crippen molar-refractivity contribution in [3.05, 3.63) is 47.9 Å². The second kappa shape index (κ2) is 4.08. The Bertz CT molecular complexity index is 544. The van der Waals surface area contributed by atoms with Crippen LogP contribution in [0.5, 0.6) is 0 Å². The van der Waals surface area contributed by atoms with Crippen LogP contribution in [0.3, 0.4) is 0 Å². The molecule has 3 rings (SSSR count). The number of nitrogens with zero attached hydrogens (tertiary/aromatic N) is 4. The first-order valence-corrected chi connectivity index (χ1v) is 5.48. The van der Waals surface area contributed by atoms with Gasteiger partial charge in [-0.2, -0.15) is 0 Å². The Labute approximate surface area is 98.2 Å². The highest BCUT2D eigenvalue weighted by Crippen LogP contribution is 2.22. The molecular formula is C12H11FN4. The van der Waals surface area contributed by atoms with Gasteiger partial charge in [-0.15, -0.1) is 0 Å². The number of rotatable bonds is 1. The van der Waals surface area contributed by atoms with Crippen LogP contribution in [0.1, 0.15) is 11.3 Å². The largest absolute Gasteiger partial charge is 0.349 e. The SMILES string of the molecule is Fc1cccnc1N1CCc2ncncc2C1. The summed E-state index contributed by atoms with van der Waals surface area (Å²) in [5.41, 5.74) is 2.09. The molecular weight excluding hydrogens is 219 g/mol. The van der Waals surface area contributed by atoms with Gasteiger partial charge in [-0.25, -0.2) is 19.3 Å². The van der Waals surface area contributed by atoms with E-state index in [1.54, 1.807) is 24.8 Å². The third-order valence-electron chi connectivity index (χ3n) is 2.90. The number of fused-ring (bicyclic) bond motifs is 1. The predicted molar refractivity (Wildman–Crippen MR) is 61.0 cm³/mol. The van der Waals surface area contributed by atoms with E-state index in [4.69, 9.17) is 0 Å². The summed E-state index contributed by atoms with van der Waals surface area (Å²) >= 11 is 0. The minimum atomic E-state index is -0.284. The number of aromatic nitrogens is 3. The minimum Gasteiger partial charge on any atom is -0.349 e. The van der Waals surface area contributed by atoms with Crippen molar-refractivity contribution in [2.75, 3.05) is 11.4 Å². The van der Waals surface area contributed by atoms with Gasteiger partial charge in [-0.3, -0.25) is 0 Å². The summed E-state index contributed by atoms with van der Waals surface area (Å²) in [5.74, 6) is 0.120. The van der Waals surface area contributed by atoms with Crippen molar-refractivity contribution in [1.82, 2.24) is 15.0 Å². The third-order valence-corrected chi connectivity index (χ3v) is 2.90. The molecule has 0 amide bonds. The van der Waals surface area contributed by atoms with Gasteiger partial charge in [0.05, 0.1) is 5.69 Å². The Balaban J connectivity index is 1.92. The van der Waals surface area contributed by atoms with E-state index in [9.17, 15) is 4.39 Å². The van der Waals surface area contributed by atoms with Gasteiger partial charge in [0.15, 0.2) is 11.6 Å². The molecule has 2 aromatic rings. The van der Waals surface area contributed by atoms with Gasteiger partial charge in [0.1, 0.15) is 6.33 Å². The quantitative estimate of drug-likeness (QED) is 0.745. The molecule has 0 aromatic carbocycles. The monoisotopic (exact) mass is 230 g/mol. The summed E-state index contributed by atoms with van der Waals surface area (Å²) in [6, 6.07) is 3.03. The summed E-state index contributed by atoms with van der Waals surface area (Å²) < 4.78 is 13.6. The van der Waals surface area contributed by atoms with Crippen molar-refractivity contribution < 1.29 is 4.39 Å². The van der Waals surface area contributed by atoms with Crippen molar-refractivity contribution in [1.29, 1.82) is 0 Å². The Morgan fingerprint density at radius 3 is 3.12 bits per heavy atom. The van der Waals surface area contributed by atoms with Gasteiger partial charge < -0.3 is 4.90 Å². The molecule has 0 radical (unpaired) electrons. The molecule has 0 unspecified atom stereocenters.